The van der Waals surface area contributed by atoms with Crippen molar-refractivity contribution in [1.29, 1.82) is 0 Å². The highest BCUT2D eigenvalue weighted by molar-refractivity contribution is 5.88. The quantitative estimate of drug-likeness (QED) is 0.419. The molecule has 0 spiro atoms. The number of aromatic nitrogens is 6. The van der Waals surface area contributed by atoms with E-state index in [1.807, 2.05) is 37.4 Å². The third-order valence-corrected chi connectivity index (χ3v) is 5.94. The van der Waals surface area contributed by atoms with Gasteiger partial charge >= 0.3 is 0 Å². The van der Waals surface area contributed by atoms with Crippen LogP contribution in [0.15, 0.2) is 60.9 Å². The lowest BCUT2D eigenvalue weighted by molar-refractivity contribution is 0.223. The highest BCUT2D eigenvalue weighted by atomic mass is 19.2. The maximum atomic E-state index is 13.6. The van der Waals surface area contributed by atoms with E-state index in [9.17, 15) is 8.78 Å². The molecule has 0 amide bonds. The Morgan fingerprint density at radius 3 is 2.76 bits per heavy atom. The Kier molecular flexibility index (Phi) is 4.72. The zero-order valence-corrected chi connectivity index (χ0v) is 18.1. The van der Waals surface area contributed by atoms with E-state index < -0.39 is 11.6 Å². The summed E-state index contributed by atoms with van der Waals surface area (Å²) in [5.74, 6) is 0.466. The lowest BCUT2D eigenvalue weighted by Crippen LogP contribution is -2.25. The van der Waals surface area contributed by atoms with Crippen molar-refractivity contribution in [3.8, 4) is 16.9 Å². The van der Waals surface area contributed by atoms with E-state index in [0.717, 1.165) is 28.5 Å². The van der Waals surface area contributed by atoms with Crippen LogP contribution in [0.1, 0.15) is 11.6 Å². The van der Waals surface area contributed by atoms with E-state index in [4.69, 9.17) is 4.74 Å². The molecule has 6 rings (SSSR count). The summed E-state index contributed by atoms with van der Waals surface area (Å²) in [5.41, 5.74) is 4.01. The molecule has 0 saturated carbocycles. The largest absolute Gasteiger partial charge is 0.489 e. The van der Waals surface area contributed by atoms with Crippen LogP contribution in [0.5, 0.6) is 5.75 Å². The normalized spacial score (nSPS) is 14.9. The molecule has 0 fully saturated rings. The van der Waals surface area contributed by atoms with Gasteiger partial charge in [-0.05, 0) is 59.5 Å². The van der Waals surface area contributed by atoms with Crippen LogP contribution in [0, 0.1) is 11.6 Å². The number of aryl methyl sites for hydroxylation is 1. The van der Waals surface area contributed by atoms with Gasteiger partial charge in [-0.25, -0.2) is 18.4 Å². The Morgan fingerprint density at radius 2 is 1.94 bits per heavy atom. The van der Waals surface area contributed by atoms with Gasteiger partial charge in [0.2, 0.25) is 0 Å². The van der Waals surface area contributed by atoms with Crippen molar-refractivity contribution in [3.05, 3.63) is 78.1 Å². The SMILES string of the molecule is Cn1nccc1Nc1cc(-c2cc3c4c(c2)nnn4C(Cc2ccc(F)c(F)c2)CO3)ccn1. The van der Waals surface area contributed by atoms with Gasteiger partial charge in [-0.15, -0.1) is 5.10 Å². The van der Waals surface area contributed by atoms with Gasteiger partial charge in [0.15, 0.2) is 11.6 Å². The second kappa shape index (κ2) is 7.91. The van der Waals surface area contributed by atoms with Gasteiger partial charge < -0.3 is 10.1 Å². The highest BCUT2D eigenvalue weighted by Crippen LogP contribution is 2.37. The molecule has 10 heteroatoms. The van der Waals surface area contributed by atoms with E-state index >= 15 is 0 Å². The topological polar surface area (TPSA) is 82.7 Å². The Bertz CT molecular complexity index is 1530. The van der Waals surface area contributed by atoms with Crippen LogP contribution < -0.4 is 10.1 Å². The average Bonchev–Trinajstić information content (AvgIpc) is 3.45. The second-order valence-corrected chi connectivity index (χ2v) is 8.19. The number of rotatable bonds is 5. The minimum Gasteiger partial charge on any atom is -0.489 e. The molecule has 8 nitrogen and oxygen atoms in total. The molecule has 2 aromatic carbocycles. The van der Waals surface area contributed by atoms with E-state index in [0.29, 0.717) is 35.7 Å². The van der Waals surface area contributed by atoms with Crippen LogP contribution in [-0.4, -0.2) is 36.4 Å². The van der Waals surface area contributed by atoms with Crippen LogP contribution >= 0.6 is 0 Å². The number of halogens is 2. The number of hydrogen-bond donors (Lipinski definition) is 1. The number of ether oxygens (including phenoxy) is 1. The Balaban J connectivity index is 1.31. The zero-order chi connectivity index (χ0) is 23.2. The first-order chi connectivity index (χ1) is 16.5. The van der Waals surface area contributed by atoms with Gasteiger partial charge in [0.25, 0.3) is 0 Å². The summed E-state index contributed by atoms with van der Waals surface area (Å²) in [6.07, 6.45) is 3.90. The fourth-order valence-electron chi connectivity index (χ4n) is 4.22. The molecule has 4 heterocycles. The molecular weight excluding hydrogens is 440 g/mol. The van der Waals surface area contributed by atoms with Crippen LogP contribution in [0.4, 0.5) is 20.4 Å². The molecule has 0 aliphatic carbocycles. The summed E-state index contributed by atoms with van der Waals surface area (Å²) in [6.45, 7) is 0.345. The van der Waals surface area contributed by atoms with Gasteiger partial charge in [-0.2, -0.15) is 5.10 Å². The Labute approximate surface area is 192 Å². The van der Waals surface area contributed by atoms with Crippen molar-refractivity contribution < 1.29 is 13.5 Å². The number of benzene rings is 2. The molecule has 5 aromatic rings. The summed E-state index contributed by atoms with van der Waals surface area (Å²) in [5, 5.41) is 16.1. The minimum absolute atomic E-state index is 0.177. The molecular formula is C24H19F2N7O. The predicted molar refractivity (Wildman–Crippen MR) is 122 cm³/mol. The fraction of sp³-hybridized carbons (Fsp3) is 0.167. The summed E-state index contributed by atoms with van der Waals surface area (Å²) >= 11 is 0. The molecule has 0 bridgehead atoms. The molecule has 1 atom stereocenters. The number of pyridine rings is 1. The first-order valence-electron chi connectivity index (χ1n) is 10.7. The highest BCUT2D eigenvalue weighted by Gasteiger charge is 2.26. The molecule has 34 heavy (non-hydrogen) atoms. The Hall–Kier alpha value is -4.34. The molecule has 1 aliphatic heterocycles. The minimum atomic E-state index is -0.863. The van der Waals surface area contributed by atoms with Crippen molar-refractivity contribution in [2.24, 2.45) is 7.05 Å². The van der Waals surface area contributed by atoms with Crippen LogP contribution in [-0.2, 0) is 13.5 Å². The standard InChI is InChI=1S/C24H19F2N7O/c1-32-23(5-7-28-32)29-22-12-15(4-6-27-22)16-10-20-24-21(11-16)34-13-17(33(24)31-30-20)8-14-2-3-18(25)19(26)9-14/h2-7,9-12,17H,8,13H2,1H3,(H,27,29). The molecule has 3 aromatic heterocycles. The first-order valence-corrected chi connectivity index (χ1v) is 10.7. The van der Waals surface area contributed by atoms with E-state index in [2.05, 4.69) is 25.7 Å². The summed E-state index contributed by atoms with van der Waals surface area (Å²) in [4.78, 5) is 4.40. The van der Waals surface area contributed by atoms with Crippen molar-refractivity contribution in [2.45, 2.75) is 12.5 Å². The Morgan fingerprint density at radius 1 is 1.03 bits per heavy atom. The van der Waals surface area contributed by atoms with Gasteiger partial charge in [-0.3, -0.25) is 4.68 Å². The lowest BCUT2D eigenvalue weighted by atomic mass is 10.0. The number of hydrogen-bond acceptors (Lipinski definition) is 6. The van der Waals surface area contributed by atoms with E-state index in [-0.39, 0.29) is 6.04 Å². The van der Waals surface area contributed by atoms with Gasteiger partial charge in [0.1, 0.15) is 35.0 Å². The van der Waals surface area contributed by atoms with E-state index in [1.165, 1.54) is 6.07 Å². The number of nitrogens with one attached hydrogen (secondary N) is 1. The third-order valence-electron chi connectivity index (χ3n) is 5.94. The summed E-state index contributed by atoms with van der Waals surface area (Å²) < 4.78 is 36.5. The molecule has 0 radical (unpaired) electrons. The molecule has 0 saturated heterocycles. The maximum Gasteiger partial charge on any atom is 0.159 e. The molecule has 1 N–H and O–H groups in total. The maximum absolute atomic E-state index is 13.6. The smallest absolute Gasteiger partial charge is 0.159 e. The molecule has 1 unspecified atom stereocenters. The van der Waals surface area contributed by atoms with Crippen molar-refractivity contribution in [1.82, 2.24) is 29.8 Å². The second-order valence-electron chi connectivity index (χ2n) is 8.19. The first kappa shape index (κ1) is 20.3. The zero-order valence-electron chi connectivity index (χ0n) is 18.1. The van der Waals surface area contributed by atoms with Crippen LogP contribution in [0.3, 0.4) is 0 Å². The van der Waals surface area contributed by atoms with Crippen molar-refractivity contribution >= 4 is 22.7 Å². The van der Waals surface area contributed by atoms with Gasteiger partial charge in [0, 0.05) is 19.3 Å². The average molecular weight is 459 g/mol. The molecule has 1 aliphatic rings. The van der Waals surface area contributed by atoms with Crippen LogP contribution in [0.25, 0.3) is 22.2 Å². The summed E-state index contributed by atoms with van der Waals surface area (Å²) in [6, 6.07) is 13.4. The number of nitrogens with zero attached hydrogens (tertiary/aromatic N) is 6. The monoisotopic (exact) mass is 459 g/mol. The third kappa shape index (κ3) is 3.53. The van der Waals surface area contributed by atoms with Crippen molar-refractivity contribution in [2.75, 3.05) is 11.9 Å². The predicted octanol–water partition coefficient (Wildman–Crippen LogP) is 4.42. The summed E-state index contributed by atoms with van der Waals surface area (Å²) in [7, 11) is 1.85. The fourth-order valence-corrected chi connectivity index (χ4v) is 4.22. The number of anilines is 2. The molecule has 170 valence electrons. The van der Waals surface area contributed by atoms with Gasteiger partial charge in [0.05, 0.1) is 12.2 Å². The van der Waals surface area contributed by atoms with Crippen LogP contribution in [0.2, 0.25) is 0 Å². The van der Waals surface area contributed by atoms with Gasteiger partial charge in [-0.1, -0.05) is 11.3 Å². The van der Waals surface area contributed by atoms with Crippen molar-refractivity contribution in [3.63, 3.8) is 0 Å². The van der Waals surface area contributed by atoms with E-state index in [1.54, 1.807) is 27.8 Å². The lowest BCUT2D eigenvalue weighted by Gasteiger charge is -2.24.